The van der Waals surface area contributed by atoms with Gasteiger partial charge in [-0.2, -0.15) is 0 Å². The number of hydrogen-bond acceptors (Lipinski definition) is 6. The van der Waals surface area contributed by atoms with Crippen molar-refractivity contribution in [3.8, 4) is 0 Å². The quantitative estimate of drug-likeness (QED) is 0.349. The zero-order valence-electron chi connectivity index (χ0n) is 14.5. The molecule has 0 saturated carbocycles. The van der Waals surface area contributed by atoms with E-state index in [1.54, 1.807) is 12.6 Å². The van der Waals surface area contributed by atoms with Crippen LogP contribution in [-0.2, 0) is 18.7 Å². The van der Waals surface area contributed by atoms with Gasteiger partial charge in [0.2, 0.25) is 0 Å². The summed E-state index contributed by atoms with van der Waals surface area (Å²) in [4.78, 5) is 12.0. The predicted molar refractivity (Wildman–Crippen MR) is 104 cm³/mol. The average molecular weight is 402 g/mol. The van der Waals surface area contributed by atoms with Crippen molar-refractivity contribution >= 4 is 34.3 Å². The fourth-order valence-corrected chi connectivity index (χ4v) is 4.06. The molecule has 0 saturated heterocycles. The number of aryl methyl sites for hydroxylation is 1. The Balaban J connectivity index is 1.62. The number of halogens is 1. The molecule has 0 fully saturated rings. The molecule has 8 heteroatoms. The summed E-state index contributed by atoms with van der Waals surface area (Å²) in [5.41, 5.74) is 1.98. The van der Waals surface area contributed by atoms with Gasteiger partial charge < -0.3 is 13.4 Å². The van der Waals surface area contributed by atoms with Crippen molar-refractivity contribution in [1.29, 1.82) is 0 Å². The molecule has 0 bridgehead atoms. The Labute approximate surface area is 164 Å². The summed E-state index contributed by atoms with van der Waals surface area (Å²) in [6.45, 7) is 2.56. The molecule has 0 aliphatic heterocycles. The number of thioether (sulfide) groups is 1. The third kappa shape index (κ3) is 3.79. The fraction of sp³-hybridized carbons (Fsp3) is 0.211. The van der Waals surface area contributed by atoms with Gasteiger partial charge in [0.1, 0.15) is 17.7 Å². The number of furan rings is 1. The van der Waals surface area contributed by atoms with Gasteiger partial charge in [0.15, 0.2) is 5.16 Å². The van der Waals surface area contributed by atoms with Crippen molar-refractivity contribution in [3.63, 3.8) is 0 Å². The molecule has 4 aromatic rings. The summed E-state index contributed by atoms with van der Waals surface area (Å²) >= 11 is 7.85. The third-order valence-corrected chi connectivity index (χ3v) is 5.60. The molecule has 4 rings (SSSR count). The molecule has 0 N–H and O–H groups in total. The number of fused-ring (bicyclic) bond motifs is 1. The molecule has 3 aromatic heterocycles. The van der Waals surface area contributed by atoms with Crippen LogP contribution in [0, 0.1) is 0 Å². The Bertz CT molecular complexity index is 1140. The first-order valence-corrected chi connectivity index (χ1v) is 9.78. The maximum atomic E-state index is 12.0. The maximum Gasteiger partial charge on any atom is 0.336 e. The minimum Gasteiger partial charge on any atom is -0.467 e. The van der Waals surface area contributed by atoms with Gasteiger partial charge in [0, 0.05) is 22.2 Å². The smallest absolute Gasteiger partial charge is 0.336 e. The van der Waals surface area contributed by atoms with Crippen LogP contribution in [0.5, 0.6) is 0 Å². The molecule has 27 heavy (non-hydrogen) atoms. The summed E-state index contributed by atoms with van der Waals surface area (Å²) in [5.74, 6) is 1.36. The molecule has 138 valence electrons. The van der Waals surface area contributed by atoms with Gasteiger partial charge in [0.05, 0.1) is 12.8 Å². The molecule has 0 unspecified atom stereocenters. The highest BCUT2D eigenvalue weighted by Gasteiger charge is 2.12. The van der Waals surface area contributed by atoms with E-state index < -0.39 is 0 Å². The minimum atomic E-state index is -0.375. The van der Waals surface area contributed by atoms with E-state index in [1.165, 1.54) is 17.8 Å². The molecule has 3 heterocycles. The van der Waals surface area contributed by atoms with E-state index in [4.69, 9.17) is 20.4 Å². The first kappa shape index (κ1) is 17.9. The van der Waals surface area contributed by atoms with Crippen LogP contribution in [0.3, 0.4) is 0 Å². The number of rotatable bonds is 6. The second-order valence-electron chi connectivity index (χ2n) is 5.99. The molecule has 1 aromatic carbocycles. The Hall–Kier alpha value is -2.51. The molecule has 0 aliphatic carbocycles. The van der Waals surface area contributed by atoms with Crippen LogP contribution >= 0.6 is 23.4 Å². The fourth-order valence-electron chi connectivity index (χ4n) is 2.86. The highest BCUT2D eigenvalue weighted by atomic mass is 35.5. The highest BCUT2D eigenvalue weighted by molar-refractivity contribution is 7.98. The SMILES string of the molecule is CCc1cc2oc(=O)cc(CSc3nncn3Cc3ccco3)c2cc1Cl. The van der Waals surface area contributed by atoms with Gasteiger partial charge in [-0.15, -0.1) is 10.2 Å². The predicted octanol–water partition coefficient (Wildman–Crippen LogP) is 4.53. The average Bonchev–Trinajstić information content (AvgIpc) is 3.32. The molecule has 0 spiro atoms. The second kappa shape index (κ2) is 7.62. The van der Waals surface area contributed by atoms with E-state index in [0.717, 1.165) is 33.9 Å². The lowest BCUT2D eigenvalue weighted by Crippen LogP contribution is -2.02. The van der Waals surface area contributed by atoms with Crippen LogP contribution in [0.25, 0.3) is 11.0 Å². The van der Waals surface area contributed by atoms with E-state index in [9.17, 15) is 4.79 Å². The summed E-state index contributed by atoms with van der Waals surface area (Å²) in [5, 5.41) is 10.4. The van der Waals surface area contributed by atoms with Crippen LogP contribution in [0.2, 0.25) is 5.02 Å². The van der Waals surface area contributed by atoms with Gasteiger partial charge in [-0.25, -0.2) is 4.79 Å². The summed E-state index contributed by atoms with van der Waals surface area (Å²) in [6.07, 6.45) is 4.07. The van der Waals surface area contributed by atoms with Crippen molar-refractivity contribution < 1.29 is 8.83 Å². The van der Waals surface area contributed by atoms with E-state index in [1.807, 2.05) is 35.8 Å². The Morgan fingerprint density at radius 3 is 2.93 bits per heavy atom. The lowest BCUT2D eigenvalue weighted by Gasteiger charge is -2.09. The Morgan fingerprint density at radius 1 is 1.26 bits per heavy atom. The van der Waals surface area contributed by atoms with Crippen molar-refractivity contribution in [2.75, 3.05) is 0 Å². The lowest BCUT2D eigenvalue weighted by molar-refractivity contribution is 0.484. The van der Waals surface area contributed by atoms with Gasteiger partial charge in [-0.05, 0) is 41.8 Å². The third-order valence-electron chi connectivity index (χ3n) is 4.22. The normalized spacial score (nSPS) is 11.3. The zero-order valence-corrected chi connectivity index (χ0v) is 16.1. The Kier molecular flexibility index (Phi) is 5.05. The molecule has 0 atom stereocenters. The first-order valence-electron chi connectivity index (χ1n) is 8.42. The Morgan fingerprint density at radius 2 is 2.15 bits per heavy atom. The van der Waals surface area contributed by atoms with Crippen molar-refractivity contribution in [3.05, 3.63) is 75.3 Å². The monoisotopic (exact) mass is 401 g/mol. The highest BCUT2D eigenvalue weighted by Crippen LogP contribution is 2.29. The zero-order chi connectivity index (χ0) is 18.8. The summed E-state index contributed by atoms with van der Waals surface area (Å²) < 4.78 is 12.6. The van der Waals surface area contributed by atoms with Crippen molar-refractivity contribution in [2.24, 2.45) is 0 Å². The van der Waals surface area contributed by atoms with E-state index >= 15 is 0 Å². The van der Waals surface area contributed by atoms with Gasteiger partial charge in [-0.1, -0.05) is 30.3 Å². The topological polar surface area (TPSA) is 74.1 Å². The number of nitrogens with zero attached hydrogens (tertiary/aromatic N) is 3. The molecular weight excluding hydrogens is 386 g/mol. The lowest BCUT2D eigenvalue weighted by atomic mass is 10.1. The maximum absolute atomic E-state index is 12.0. The molecule has 0 amide bonds. The van der Waals surface area contributed by atoms with Crippen LogP contribution in [0.4, 0.5) is 0 Å². The largest absolute Gasteiger partial charge is 0.467 e. The standard InChI is InChI=1S/C19H16ClN3O3S/c1-2-12-6-17-15(8-16(12)20)13(7-18(24)26-17)10-27-19-22-21-11-23(19)9-14-4-3-5-25-14/h3-8,11H,2,9-10H2,1H3. The number of aromatic nitrogens is 3. The minimum absolute atomic E-state index is 0.375. The van der Waals surface area contributed by atoms with E-state index in [-0.39, 0.29) is 5.63 Å². The summed E-state index contributed by atoms with van der Waals surface area (Å²) in [6, 6.07) is 8.95. The molecular formula is C19H16ClN3O3S. The van der Waals surface area contributed by atoms with E-state index in [2.05, 4.69) is 10.2 Å². The van der Waals surface area contributed by atoms with Crippen LogP contribution < -0.4 is 5.63 Å². The number of hydrogen-bond donors (Lipinski definition) is 0. The molecule has 6 nitrogen and oxygen atoms in total. The van der Waals surface area contributed by atoms with E-state index in [0.29, 0.717) is 22.9 Å². The van der Waals surface area contributed by atoms with Crippen LogP contribution in [-0.4, -0.2) is 14.8 Å². The van der Waals surface area contributed by atoms with Gasteiger partial charge in [-0.3, -0.25) is 0 Å². The van der Waals surface area contributed by atoms with Gasteiger partial charge >= 0.3 is 5.63 Å². The molecule has 0 radical (unpaired) electrons. The second-order valence-corrected chi connectivity index (χ2v) is 7.34. The van der Waals surface area contributed by atoms with Gasteiger partial charge in [0.25, 0.3) is 0 Å². The summed E-state index contributed by atoms with van der Waals surface area (Å²) in [7, 11) is 0. The first-order chi connectivity index (χ1) is 13.1. The number of benzene rings is 1. The van der Waals surface area contributed by atoms with Crippen LogP contribution in [0.1, 0.15) is 23.8 Å². The molecule has 0 aliphatic rings. The van der Waals surface area contributed by atoms with Crippen molar-refractivity contribution in [1.82, 2.24) is 14.8 Å². The van der Waals surface area contributed by atoms with Crippen molar-refractivity contribution in [2.45, 2.75) is 30.8 Å². The van der Waals surface area contributed by atoms with Crippen LogP contribution in [0.15, 0.2) is 61.7 Å².